The lowest BCUT2D eigenvalue weighted by Crippen LogP contribution is -2.45. The molecule has 96 valence electrons. The third-order valence-electron chi connectivity index (χ3n) is 2.76. The Labute approximate surface area is 106 Å². The molecule has 7 heteroatoms. The highest BCUT2D eigenvalue weighted by Gasteiger charge is 2.22. The molecule has 2 rings (SSSR count). The molecule has 1 fully saturated rings. The van der Waals surface area contributed by atoms with Crippen LogP contribution in [0.25, 0.3) is 0 Å². The summed E-state index contributed by atoms with van der Waals surface area (Å²) in [5.74, 6) is 0. The molecule has 6 nitrogen and oxygen atoms in total. The summed E-state index contributed by atoms with van der Waals surface area (Å²) in [4.78, 5) is 3.80. The standard InChI is InChI=1S/C11H14N4O2S/c12-7-9-3-5-14-11(6-9)18(16,17)15-10-2-1-4-13-8-10/h3,5-6,10,13,15H,1-2,4,8H2/t10-/m0/s1. The van der Waals surface area contributed by atoms with Crippen molar-refractivity contribution < 1.29 is 8.42 Å². The molecule has 1 aromatic rings. The van der Waals surface area contributed by atoms with Crippen molar-refractivity contribution in [1.82, 2.24) is 15.0 Å². The molecule has 1 aliphatic rings. The van der Waals surface area contributed by atoms with Crippen molar-refractivity contribution >= 4 is 10.0 Å². The molecule has 0 saturated carbocycles. The molecule has 0 amide bonds. The van der Waals surface area contributed by atoms with Gasteiger partial charge in [-0.15, -0.1) is 0 Å². The van der Waals surface area contributed by atoms with Gasteiger partial charge in [0.05, 0.1) is 11.6 Å². The van der Waals surface area contributed by atoms with Gasteiger partial charge < -0.3 is 5.32 Å². The number of nitriles is 1. The summed E-state index contributed by atoms with van der Waals surface area (Å²) in [7, 11) is -3.64. The Bertz CT molecular complexity index is 559. The number of aromatic nitrogens is 1. The van der Waals surface area contributed by atoms with Crippen LogP contribution in [0.5, 0.6) is 0 Å². The van der Waals surface area contributed by atoms with E-state index in [0.29, 0.717) is 6.54 Å². The molecule has 0 aliphatic carbocycles. The van der Waals surface area contributed by atoms with Crippen LogP contribution in [0.4, 0.5) is 0 Å². The summed E-state index contributed by atoms with van der Waals surface area (Å²) in [6.45, 7) is 1.54. The van der Waals surface area contributed by atoms with E-state index in [-0.39, 0.29) is 16.6 Å². The molecule has 0 spiro atoms. The van der Waals surface area contributed by atoms with Gasteiger partial charge in [0.15, 0.2) is 5.03 Å². The highest BCUT2D eigenvalue weighted by molar-refractivity contribution is 7.89. The van der Waals surface area contributed by atoms with Crippen molar-refractivity contribution in [2.75, 3.05) is 13.1 Å². The molecule has 1 atom stereocenters. The molecule has 0 aromatic carbocycles. The van der Waals surface area contributed by atoms with E-state index < -0.39 is 10.0 Å². The number of nitrogens with one attached hydrogen (secondary N) is 2. The smallest absolute Gasteiger partial charge is 0.258 e. The fourth-order valence-electron chi connectivity index (χ4n) is 1.86. The van der Waals surface area contributed by atoms with Gasteiger partial charge in [0, 0.05) is 18.8 Å². The first-order valence-electron chi connectivity index (χ1n) is 5.71. The van der Waals surface area contributed by atoms with Gasteiger partial charge in [-0.1, -0.05) is 0 Å². The van der Waals surface area contributed by atoms with Crippen molar-refractivity contribution in [2.45, 2.75) is 23.9 Å². The maximum atomic E-state index is 12.1. The van der Waals surface area contributed by atoms with Gasteiger partial charge in [0.2, 0.25) is 0 Å². The van der Waals surface area contributed by atoms with Crippen LogP contribution in [-0.4, -0.2) is 32.5 Å². The van der Waals surface area contributed by atoms with Crippen LogP contribution in [0.15, 0.2) is 23.4 Å². The van der Waals surface area contributed by atoms with Gasteiger partial charge in [-0.3, -0.25) is 0 Å². The molecule has 2 N–H and O–H groups in total. The zero-order valence-corrected chi connectivity index (χ0v) is 10.6. The van der Waals surface area contributed by atoms with E-state index in [1.807, 2.05) is 6.07 Å². The average Bonchev–Trinajstić information content (AvgIpc) is 2.39. The van der Waals surface area contributed by atoms with Crippen LogP contribution >= 0.6 is 0 Å². The van der Waals surface area contributed by atoms with E-state index >= 15 is 0 Å². The van der Waals surface area contributed by atoms with Gasteiger partial charge in [-0.25, -0.2) is 18.1 Å². The maximum Gasteiger partial charge on any atom is 0.258 e. The minimum absolute atomic E-state index is 0.105. The van der Waals surface area contributed by atoms with Gasteiger partial charge in [-0.05, 0) is 31.5 Å². The van der Waals surface area contributed by atoms with E-state index in [4.69, 9.17) is 5.26 Å². The van der Waals surface area contributed by atoms with E-state index in [2.05, 4.69) is 15.0 Å². The SMILES string of the molecule is N#Cc1ccnc(S(=O)(=O)N[C@H]2CCCNC2)c1. The molecule has 2 heterocycles. The summed E-state index contributed by atoms with van der Waals surface area (Å²) in [6.07, 6.45) is 3.08. The van der Waals surface area contributed by atoms with Crippen LogP contribution in [0.2, 0.25) is 0 Å². The van der Waals surface area contributed by atoms with E-state index in [1.54, 1.807) is 0 Å². The predicted molar refractivity (Wildman–Crippen MR) is 65.2 cm³/mol. The quantitative estimate of drug-likeness (QED) is 0.802. The number of sulfonamides is 1. The molecule has 0 radical (unpaired) electrons. The van der Waals surface area contributed by atoms with Gasteiger partial charge in [0.1, 0.15) is 0 Å². The number of hydrogen-bond donors (Lipinski definition) is 2. The Kier molecular flexibility index (Phi) is 3.91. The lowest BCUT2D eigenvalue weighted by molar-refractivity contribution is 0.428. The van der Waals surface area contributed by atoms with Crippen LogP contribution in [-0.2, 0) is 10.0 Å². The summed E-state index contributed by atoms with van der Waals surface area (Å²) >= 11 is 0. The monoisotopic (exact) mass is 266 g/mol. The third kappa shape index (κ3) is 3.04. The first-order valence-corrected chi connectivity index (χ1v) is 7.19. The Balaban J connectivity index is 2.17. The summed E-state index contributed by atoms with van der Waals surface area (Å²) in [6, 6.07) is 4.53. The topological polar surface area (TPSA) is 94.9 Å². The number of nitrogens with zero attached hydrogens (tertiary/aromatic N) is 2. The van der Waals surface area contributed by atoms with Crippen molar-refractivity contribution in [2.24, 2.45) is 0 Å². The Morgan fingerprint density at radius 2 is 2.39 bits per heavy atom. The zero-order chi connectivity index (χ0) is 13.0. The molecular formula is C11H14N4O2S. The Morgan fingerprint density at radius 1 is 1.56 bits per heavy atom. The second-order valence-corrected chi connectivity index (χ2v) is 5.82. The van der Waals surface area contributed by atoms with E-state index in [0.717, 1.165) is 19.4 Å². The summed E-state index contributed by atoms with van der Waals surface area (Å²) < 4.78 is 26.7. The lowest BCUT2D eigenvalue weighted by Gasteiger charge is -2.23. The number of piperidine rings is 1. The highest BCUT2D eigenvalue weighted by atomic mass is 32.2. The molecule has 1 aliphatic heterocycles. The average molecular weight is 266 g/mol. The van der Waals surface area contributed by atoms with Crippen molar-refractivity contribution in [3.63, 3.8) is 0 Å². The molecule has 0 unspecified atom stereocenters. The van der Waals surface area contributed by atoms with Crippen LogP contribution in [0, 0.1) is 11.3 Å². The van der Waals surface area contributed by atoms with Crippen molar-refractivity contribution in [3.05, 3.63) is 23.9 Å². The van der Waals surface area contributed by atoms with Crippen molar-refractivity contribution in [3.8, 4) is 6.07 Å². The molecule has 0 bridgehead atoms. The highest BCUT2D eigenvalue weighted by Crippen LogP contribution is 2.10. The van der Waals surface area contributed by atoms with E-state index in [9.17, 15) is 8.42 Å². The molecule has 1 aromatic heterocycles. The fourth-order valence-corrected chi connectivity index (χ4v) is 3.10. The molecule has 1 saturated heterocycles. The zero-order valence-electron chi connectivity index (χ0n) is 9.76. The van der Waals surface area contributed by atoms with Gasteiger partial charge >= 0.3 is 0 Å². The number of hydrogen-bond acceptors (Lipinski definition) is 5. The first-order chi connectivity index (χ1) is 8.62. The Morgan fingerprint density at radius 3 is 3.06 bits per heavy atom. The van der Waals surface area contributed by atoms with Crippen molar-refractivity contribution in [1.29, 1.82) is 5.26 Å². The van der Waals surface area contributed by atoms with Crippen LogP contribution in [0.1, 0.15) is 18.4 Å². The minimum Gasteiger partial charge on any atom is -0.315 e. The third-order valence-corrected chi connectivity index (χ3v) is 4.18. The van der Waals surface area contributed by atoms with E-state index in [1.165, 1.54) is 18.3 Å². The molecule has 18 heavy (non-hydrogen) atoms. The molecular weight excluding hydrogens is 252 g/mol. The Hall–Kier alpha value is -1.49. The maximum absolute atomic E-state index is 12.1. The van der Waals surface area contributed by atoms with Crippen LogP contribution < -0.4 is 10.0 Å². The fraction of sp³-hybridized carbons (Fsp3) is 0.455. The lowest BCUT2D eigenvalue weighted by atomic mass is 10.1. The second kappa shape index (κ2) is 5.44. The predicted octanol–water partition coefficient (Wildman–Crippen LogP) is -0.0164. The number of rotatable bonds is 3. The number of pyridine rings is 1. The minimum atomic E-state index is -3.64. The first kappa shape index (κ1) is 13.0. The largest absolute Gasteiger partial charge is 0.315 e. The second-order valence-electron chi connectivity index (χ2n) is 4.16. The van der Waals surface area contributed by atoms with Gasteiger partial charge in [0.25, 0.3) is 10.0 Å². The normalized spacial score (nSPS) is 20.3. The summed E-state index contributed by atoms with van der Waals surface area (Å²) in [5.41, 5.74) is 0.284. The van der Waals surface area contributed by atoms with Gasteiger partial charge in [-0.2, -0.15) is 5.26 Å². The summed E-state index contributed by atoms with van der Waals surface area (Å²) in [5, 5.41) is 11.8. The van der Waals surface area contributed by atoms with Crippen LogP contribution in [0.3, 0.4) is 0 Å².